The molecule has 0 unspecified atom stereocenters. The SMILES string of the molecule is CN(c1ccccc1C(F)(F)F)c1sn([C@@H]2CNCC23CC3)c(=O)c1C#N. The van der Waals surface area contributed by atoms with Crippen LogP contribution in [0.15, 0.2) is 29.1 Å². The molecule has 0 radical (unpaired) electrons. The Morgan fingerprint density at radius 2 is 2.07 bits per heavy atom. The van der Waals surface area contributed by atoms with Crippen LogP contribution in [0.2, 0.25) is 0 Å². The molecule has 0 bridgehead atoms. The molecule has 1 saturated heterocycles. The number of para-hydroxylation sites is 1. The van der Waals surface area contributed by atoms with Gasteiger partial charge in [-0.3, -0.25) is 8.75 Å². The number of alkyl halides is 3. The van der Waals surface area contributed by atoms with Crippen molar-refractivity contribution in [2.24, 2.45) is 5.41 Å². The molecule has 1 aliphatic carbocycles. The van der Waals surface area contributed by atoms with Crippen LogP contribution in [0.4, 0.5) is 23.9 Å². The summed E-state index contributed by atoms with van der Waals surface area (Å²) in [6, 6.07) is 7.01. The van der Waals surface area contributed by atoms with Gasteiger partial charge in [-0.25, -0.2) is 0 Å². The van der Waals surface area contributed by atoms with E-state index < -0.39 is 17.3 Å². The smallest absolute Gasteiger partial charge is 0.333 e. The number of rotatable bonds is 3. The molecule has 1 spiro atoms. The molecule has 5 nitrogen and oxygen atoms in total. The molecule has 2 heterocycles. The van der Waals surface area contributed by atoms with Crippen molar-refractivity contribution in [1.82, 2.24) is 9.27 Å². The molecule has 0 amide bonds. The molecule has 1 aromatic heterocycles. The van der Waals surface area contributed by atoms with Crippen LogP contribution in [0.3, 0.4) is 0 Å². The van der Waals surface area contributed by atoms with Crippen LogP contribution < -0.4 is 15.8 Å². The van der Waals surface area contributed by atoms with E-state index in [2.05, 4.69) is 5.32 Å². The van der Waals surface area contributed by atoms with Crippen molar-refractivity contribution in [2.75, 3.05) is 25.0 Å². The van der Waals surface area contributed by atoms with Gasteiger partial charge in [0.05, 0.1) is 17.3 Å². The van der Waals surface area contributed by atoms with Gasteiger partial charge in [-0.2, -0.15) is 18.4 Å². The zero-order chi connectivity index (χ0) is 19.4. The molecule has 1 saturated carbocycles. The Balaban J connectivity index is 1.81. The first-order valence-corrected chi connectivity index (χ1v) is 9.32. The molecular formula is C18H17F3N4OS. The average Bonchev–Trinajstić information content (AvgIpc) is 3.17. The number of aromatic nitrogens is 1. The summed E-state index contributed by atoms with van der Waals surface area (Å²) < 4.78 is 41.7. The summed E-state index contributed by atoms with van der Waals surface area (Å²) in [7, 11) is 1.46. The Labute approximate surface area is 157 Å². The number of benzene rings is 1. The lowest BCUT2D eigenvalue weighted by atomic mass is 10.0. The first-order chi connectivity index (χ1) is 12.8. The maximum Gasteiger partial charge on any atom is 0.418 e. The highest BCUT2D eigenvalue weighted by Gasteiger charge is 2.54. The third-order valence-corrected chi connectivity index (χ3v) is 6.76. The fourth-order valence-electron chi connectivity index (χ4n) is 3.82. The molecule has 27 heavy (non-hydrogen) atoms. The van der Waals surface area contributed by atoms with E-state index in [1.807, 2.05) is 6.07 Å². The van der Waals surface area contributed by atoms with E-state index in [1.165, 1.54) is 30.1 Å². The first-order valence-electron chi connectivity index (χ1n) is 8.55. The molecule has 1 aliphatic heterocycles. The van der Waals surface area contributed by atoms with E-state index in [0.29, 0.717) is 6.54 Å². The van der Waals surface area contributed by atoms with Crippen LogP contribution in [0, 0.1) is 16.7 Å². The minimum absolute atomic E-state index is 0.0428. The minimum atomic E-state index is -4.53. The highest BCUT2D eigenvalue weighted by molar-refractivity contribution is 7.11. The van der Waals surface area contributed by atoms with Gasteiger partial charge in [0, 0.05) is 25.6 Å². The molecule has 2 aliphatic rings. The van der Waals surface area contributed by atoms with Gasteiger partial charge in [0.2, 0.25) is 0 Å². The maximum atomic E-state index is 13.4. The first kappa shape index (κ1) is 18.1. The lowest BCUT2D eigenvalue weighted by Gasteiger charge is -2.22. The largest absolute Gasteiger partial charge is 0.418 e. The Bertz CT molecular complexity index is 984. The number of halogens is 3. The summed E-state index contributed by atoms with van der Waals surface area (Å²) in [6.45, 7) is 1.46. The molecular weight excluding hydrogens is 377 g/mol. The second kappa shape index (κ2) is 6.11. The number of nitrogens with one attached hydrogen (secondary N) is 1. The summed E-state index contributed by atoms with van der Waals surface area (Å²) >= 11 is 1.07. The summed E-state index contributed by atoms with van der Waals surface area (Å²) in [5, 5.41) is 13.0. The Morgan fingerprint density at radius 3 is 2.70 bits per heavy atom. The summed E-state index contributed by atoms with van der Waals surface area (Å²) in [5.74, 6) is 0. The van der Waals surface area contributed by atoms with Crippen LogP contribution >= 0.6 is 11.5 Å². The second-order valence-electron chi connectivity index (χ2n) is 7.10. The van der Waals surface area contributed by atoms with Crippen molar-refractivity contribution >= 4 is 22.2 Å². The van der Waals surface area contributed by atoms with Crippen LogP contribution in [0.25, 0.3) is 0 Å². The van der Waals surface area contributed by atoms with Gasteiger partial charge >= 0.3 is 6.18 Å². The molecule has 9 heteroatoms. The minimum Gasteiger partial charge on any atom is -0.333 e. The molecule has 1 aromatic carbocycles. The fraction of sp³-hybridized carbons (Fsp3) is 0.444. The second-order valence-corrected chi connectivity index (χ2v) is 8.06. The van der Waals surface area contributed by atoms with Crippen molar-refractivity contribution in [1.29, 1.82) is 5.26 Å². The molecule has 1 atom stereocenters. The van der Waals surface area contributed by atoms with Crippen LogP contribution in [-0.4, -0.2) is 24.1 Å². The molecule has 1 N–H and O–H groups in total. The number of nitriles is 1. The molecule has 4 rings (SSSR count). The van der Waals surface area contributed by atoms with Gasteiger partial charge in [-0.1, -0.05) is 12.1 Å². The Morgan fingerprint density at radius 1 is 1.37 bits per heavy atom. The van der Waals surface area contributed by atoms with Gasteiger partial charge < -0.3 is 10.2 Å². The molecule has 2 aromatic rings. The zero-order valence-corrected chi connectivity index (χ0v) is 15.3. The summed E-state index contributed by atoms with van der Waals surface area (Å²) in [4.78, 5) is 14.1. The van der Waals surface area contributed by atoms with Crippen LogP contribution in [0.5, 0.6) is 0 Å². The van der Waals surface area contributed by atoms with Crippen molar-refractivity contribution in [3.8, 4) is 6.07 Å². The van der Waals surface area contributed by atoms with Crippen molar-refractivity contribution < 1.29 is 13.2 Å². The van der Waals surface area contributed by atoms with E-state index in [0.717, 1.165) is 37.0 Å². The van der Waals surface area contributed by atoms with Crippen LogP contribution in [0.1, 0.15) is 30.0 Å². The number of hydrogen-bond donors (Lipinski definition) is 1. The van der Waals surface area contributed by atoms with E-state index in [-0.39, 0.29) is 27.7 Å². The third-order valence-electron chi connectivity index (χ3n) is 5.50. The quantitative estimate of drug-likeness (QED) is 0.866. The predicted octanol–water partition coefficient (Wildman–Crippen LogP) is 3.49. The van der Waals surface area contributed by atoms with Crippen LogP contribution in [-0.2, 0) is 6.18 Å². The molecule has 2 fully saturated rings. The van der Waals surface area contributed by atoms with E-state index >= 15 is 0 Å². The normalized spacial score (nSPS) is 20.6. The fourth-order valence-corrected chi connectivity index (χ4v) is 5.05. The van der Waals surface area contributed by atoms with Gasteiger partial charge in [0.25, 0.3) is 5.56 Å². The van der Waals surface area contributed by atoms with E-state index in [9.17, 15) is 23.2 Å². The lowest BCUT2D eigenvalue weighted by Crippen LogP contribution is -2.26. The third kappa shape index (κ3) is 2.84. The van der Waals surface area contributed by atoms with Crippen molar-refractivity contribution in [3.63, 3.8) is 0 Å². The number of anilines is 2. The number of hydrogen-bond acceptors (Lipinski definition) is 5. The monoisotopic (exact) mass is 394 g/mol. The van der Waals surface area contributed by atoms with Gasteiger partial charge in [-0.05, 0) is 36.5 Å². The van der Waals surface area contributed by atoms with Crippen molar-refractivity contribution in [2.45, 2.75) is 25.1 Å². The average molecular weight is 394 g/mol. The highest BCUT2D eigenvalue weighted by atomic mass is 32.1. The highest BCUT2D eigenvalue weighted by Crippen LogP contribution is 2.56. The Hall–Kier alpha value is -2.31. The van der Waals surface area contributed by atoms with Gasteiger partial charge in [-0.15, -0.1) is 0 Å². The van der Waals surface area contributed by atoms with Gasteiger partial charge in [0.15, 0.2) is 5.56 Å². The standard InChI is InChI=1S/C18H17F3N4OS/c1-24(13-5-3-2-4-12(13)18(19,20)21)16-11(8-22)15(26)25(27-16)14-9-23-10-17(14)6-7-17/h2-5,14,23H,6-7,9-10H2,1H3/t14-/m1/s1. The van der Waals surface area contributed by atoms with E-state index in [1.54, 1.807) is 3.96 Å². The van der Waals surface area contributed by atoms with Crippen molar-refractivity contribution in [3.05, 3.63) is 45.7 Å². The Kier molecular flexibility index (Phi) is 4.09. The predicted molar refractivity (Wildman–Crippen MR) is 96.4 cm³/mol. The number of nitrogens with zero attached hydrogens (tertiary/aromatic N) is 3. The lowest BCUT2D eigenvalue weighted by molar-refractivity contribution is -0.137. The molecule has 142 valence electrons. The topological polar surface area (TPSA) is 61.1 Å². The summed E-state index contributed by atoms with van der Waals surface area (Å²) in [5.41, 5.74) is -1.37. The summed E-state index contributed by atoms with van der Waals surface area (Å²) in [6.07, 6.45) is -2.50. The maximum absolute atomic E-state index is 13.4. The zero-order valence-electron chi connectivity index (χ0n) is 14.5. The van der Waals surface area contributed by atoms with E-state index in [4.69, 9.17) is 0 Å². The van der Waals surface area contributed by atoms with Gasteiger partial charge in [0.1, 0.15) is 11.1 Å².